The summed E-state index contributed by atoms with van der Waals surface area (Å²) in [5.74, 6) is 2.82. The number of rotatable bonds is 5. The summed E-state index contributed by atoms with van der Waals surface area (Å²) in [5.41, 5.74) is 2.64. The van der Waals surface area contributed by atoms with E-state index < -0.39 is 0 Å². The number of hydrogen-bond acceptors (Lipinski definition) is 0. The third-order valence-electron chi connectivity index (χ3n) is 1.50. The first-order valence-electron chi connectivity index (χ1n) is 4.24. The number of hydrogen-bond donors (Lipinski definition) is 0. The maximum atomic E-state index is 3.07. The average molecular weight is 163 g/mol. The Morgan fingerprint density at radius 2 is 2.09 bits per heavy atom. The van der Waals surface area contributed by atoms with Crippen molar-refractivity contribution >= 4 is 10.2 Å². The lowest BCUT2D eigenvalue weighted by atomic mass is 10.1. The summed E-state index contributed by atoms with van der Waals surface area (Å²) in [4.78, 5) is 0. The molecule has 1 heteroatoms. The topological polar surface area (TPSA) is 0 Å². The highest BCUT2D eigenvalue weighted by Gasteiger charge is 1.82. The molecule has 0 atom stereocenters. The Balaban J connectivity index is 3.05. The molecule has 0 spiro atoms. The van der Waals surface area contributed by atoms with Gasteiger partial charge in [0.2, 0.25) is 0 Å². The van der Waals surface area contributed by atoms with Gasteiger partial charge in [-0.3, -0.25) is 0 Å². The van der Waals surface area contributed by atoms with Crippen LogP contribution in [0.1, 0.15) is 39.0 Å². The van der Waals surface area contributed by atoms with E-state index in [-0.39, 0.29) is 0 Å². The molecule has 0 fully saturated rings. The van der Waals surface area contributed by atoms with Crippen molar-refractivity contribution in [3.05, 3.63) is 12.2 Å². The van der Waals surface area contributed by atoms with Gasteiger partial charge in [0, 0.05) is 0 Å². The van der Waals surface area contributed by atoms with Gasteiger partial charge < -0.3 is 0 Å². The average Bonchev–Trinajstić information content (AvgIpc) is 2.03. The minimum atomic E-state index is 1.17. The lowest BCUT2D eigenvalue weighted by Crippen LogP contribution is -1.72. The Bertz CT molecular complexity index is 148. The van der Waals surface area contributed by atoms with E-state index in [1.54, 1.807) is 0 Å². The number of unbranched alkanes of at least 4 members (excludes halogenated alkanes) is 4. The molecule has 0 saturated heterocycles. The van der Waals surface area contributed by atoms with Gasteiger partial charge in [0.05, 0.1) is 0 Å². The summed E-state index contributed by atoms with van der Waals surface area (Å²) in [6, 6.07) is 0. The molecule has 0 aromatic carbocycles. The zero-order valence-corrected chi connectivity index (χ0v) is 8.19. The monoisotopic (exact) mass is 163 g/mol. The van der Waals surface area contributed by atoms with E-state index in [9.17, 15) is 0 Å². The highest BCUT2D eigenvalue weighted by atomic mass is 28.1. The molecule has 0 amide bonds. The smallest absolute Gasteiger partial charge is 0.134 e. The summed E-state index contributed by atoms with van der Waals surface area (Å²) in [6.07, 6.45) is 10.5. The van der Waals surface area contributed by atoms with Crippen LogP contribution < -0.4 is 0 Å². The molecule has 0 aliphatic rings. The van der Waals surface area contributed by atoms with Gasteiger partial charge in [-0.05, 0) is 18.9 Å². The van der Waals surface area contributed by atoms with Crippen LogP contribution in [0.4, 0.5) is 0 Å². The first kappa shape index (κ1) is 10.5. The molecular formula is C10H15Si. The Morgan fingerprint density at radius 3 is 2.73 bits per heavy atom. The van der Waals surface area contributed by atoms with Crippen LogP contribution >= 0.6 is 0 Å². The second-order valence-corrected chi connectivity index (χ2v) is 2.77. The zero-order chi connectivity index (χ0) is 8.36. The van der Waals surface area contributed by atoms with Crippen LogP contribution in [0.5, 0.6) is 0 Å². The van der Waals surface area contributed by atoms with Gasteiger partial charge in [-0.2, -0.15) is 0 Å². The fourth-order valence-corrected chi connectivity index (χ4v) is 0.956. The predicted molar refractivity (Wildman–Crippen MR) is 51.4 cm³/mol. The van der Waals surface area contributed by atoms with Crippen LogP contribution in [-0.4, -0.2) is 10.2 Å². The molecule has 0 aliphatic carbocycles. The van der Waals surface area contributed by atoms with E-state index in [0.717, 1.165) is 0 Å². The molecule has 0 aliphatic heterocycles. The van der Waals surface area contributed by atoms with Crippen molar-refractivity contribution < 1.29 is 0 Å². The highest BCUT2D eigenvalue weighted by molar-refractivity contribution is 6.22. The van der Waals surface area contributed by atoms with Crippen LogP contribution in [0.25, 0.3) is 0 Å². The molecule has 0 unspecified atom stereocenters. The van der Waals surface area contributed by atoms with Gasteiger partial charge in [0.1, 0.15) is 10.2 Å². The third kappa shape index (κ3) is 9.52. The van der Waals surface area contributed by atoms with Gasteiger partial charge in [-0.1, -0.05) is 38.2 Å². The Morgan fingerprint density at radius 1 is 1.27 bits per heavy atom. The Kier molecular flexibility index (Phi) is 9.10. The molecule has 0 aromatic rings. The van der Waals surface area contributed by atoms with Crippen molar-refractivity contribution in [3.63, 3.8) is 0 Å². The fraction of sp³-hybridized carbons (Fsp3) is 0.600. The van der Waals surface area contributed by atoms with E-state index >= 15 is 0 Å². The summed E-state index contributed by atoms with van der Waals surface area (Å²) < 4.78 is 0. The minimum absolute atomic E-state index is 1.17. The summed E-state index contributed by atoms with van der Waals surface area (Å²) >= 11 is 0. The minimum Gasteiger partial charge on any atom is -0.134 e. The standard InChI is InChI=1S/C10H15Si/c1-2-3-4-5-6-7-8-9-10-11/h7-8H,2-6H2,1H3/b8-7-. The van der Waals surface area contributed by atoms with Crippen LogP contribution in [0, 0.1) is 11.5 Å². The van der Waals surface area contributed by atoms with Crippen molar-refractivity contribution in [3.8, 4) is 11.5 Å². The van der Waals surface area contributed by atoms with Gasteiger partial charge in [-0.15, -0.1) is 5.54 Å². The molecule has 59 valence electrons. The Hall–Kier alpha value is -0.483. The largest absolute Gasteiger partial charge is 0.147 e. The van der Waals surface area contributed by atoms with Crippen LogP contribution in [0.3, 0.4) is 0 Å². The van der Waals surface area contributed by atoms with Gasteiger partial charge in [0.25, 0.3) is 0 Å². The van der Waals surface area contributed by atoms with E-state index in [0.29, 0.717) is 0 Å². The fourth-order valence-electron chi connectivity index (χ4n) is 0.873. The molecule has 0 aromatic heterocycles. The highest BCUT2D eigenvalue weighted by Crippen LogP contribution is 2.02. The van der Waals surface area contributed by atoms with Crippen LogP contribution in [0.15, 0.2) is 12.2 Å². The van der Waals surface area contributed by atoms with Gasteiger partial charge >= 0.3 is 0 Å². The molecular weight excluding hydrogens is 148 g/mol. The van der Waals surface area contributed by atoms with Crippen molar-refractivity contribution in [2.75, 3.05) is 0 Å². The van der Waals surface area contributed by atoms with E-state index in [1.165, 1.54) is 32.1 Å². The zero-order valence-electron chi connectivity index (χ0n) is 7.19. The van der Waals surface area contributed by atoms with Gasteiger partial charge in [0.15, 0.2) is 0 Å². The van der Waals surface area contributed by atoms with Crippen molar-refractivity contribution in [1.82, 2.24) is 0 Å². The van der Waals surface area contributed by atoms with Crippen LogP contribution in [-0.2, 0) is 0 Å². The maximum Gasteiger partial charge on any atom is 0.147 e. The van der Waals surface area contributed by atoms with Crippen molar-refractivity contribution in [2.45, 2.75) is 39.0 Å². The molecule has 0 heterocycles. The maximum absolute atomic E-state index is 3.07. The SMILES string of the molecule is CCCCCC/C=C\C#C[Si]. The lowest BCUT2D eigenvalue weighted by Gasteiger charge is -1.92. The predicted octanol–water partition coefficient (Wildman–Crippen LogP) is 2.64. The van der Waals surface area contributed by atoms with E-state index in [4.69, 9.17) is 0 Å². The third-order valence-corrected chi connectivity index (χ3v) is 1.64. The first-order chi connectivity index (χ1) is 5.41. The van der Waals surface area contributed by atoms with Crippen molar-refractivity contribution in [1.29, 1.82) is 0 Å². The van der Waals surface area contributed by atoms with E-state index in [1.807, 2.05) is 6.08 Å². The molecule has 11 heavy (non-hydrogen) atoms. The normalized spacial score (nSPS) is 9.64. The second-order valence-electron chi connectivity index (χ2n) is 2.52. The van der Waals surface area contributed by atoms with E-state index in [2.05, 4.69) is 34.7 Å². The molecule has 0 N–H and O–H groups in total. The molecule has 0 nitrogen and oxygen atoms in total. The molecule has 0 bridgehead atoms. The summed E-state index contributed by atoms with van der Waals surface area (Å²) in [6.45, 7) is 2.23. The molecule has 0 saturated carbocycles. The lowest BCUT2D eigenvalue weighted by molar-refractivity contribution is 0.674. The van der Waals surface area contributed by atoms with Gasteiger partial charge in [-0.25, -0.2) is 0 Å². The Labute approximate surface area is 73.5 Å². The molecule has 3 radical (unpaired) electrons. The van der Waals surface area contributed by atoms with Crippen molar-refractivity contribution in [2.24, 2.45) is 0 Å². The second kappa shape index (κ2) is 9.52. The first-order valence-corrected chi connectivity index (χ1v) is 4.74. The summed E-state index contributed by atoms with van der Waals surface area (Å²) in [5, 5.41) is 0. The van der Waals surface area contributed by atoms with Crippen LogP contribution in [0.2, 0.25) is 0 Å². The molecule has 0 rings (SSSR count). The quantitative estimate of drug-likeness (QED) is 0.332. The summed E-state index contributed by atoms with van der Waals surface area (Å²) in [7, 11) is 3.07. The number of allylic oxidation sites excluding steroid dienone is 2.